The Morgan fingerprint density at radius 2 is 0.887 bits per heavy atom. The summed E-state index contributed by atoms with van der Waals surface area (Å²) in [7, 11) is 0. The van der Waals surface area contributed by atoms with Crippen molar-refractivity contribution in [2.75, 3.05) is 14.7 Å². The number of anilines is 8. The molecule has 314 valence electrons. The number of hydrogen-bond acceptors (Lipinski definition) is 3. The van der Waals surface area contributed by atoms with Gasteiger partial charge in [0, 0.05) is 50.4 Å². The molecule has 0 N–H and O–H groups in total. The quantitative estimate of drug-likeness (QED) is 0.166. The molecule has 3 aliphatic heterocycles. The monoisotopic (exact) mass is 814 g/mol. The van der Waals surface area contributed by atoms with Gasteiger partial charge < -0.3 is 14.7 Å². The van der Waals surface area contributed by atoms with Gasteiger partial charge in [-0.15, -0.1) is 0 Å². The molecule has 1 aliphatic carbocycles. The SMILES string of the molecule is CC(C)(C)c1ccc(N(c2ccccc2)c2cc3c4c(c2)C(C)(C)c2cc(N(C5=CCC(C(C)(C)C)C=C5)c5ccccc5)cc5c2N4c2c(cccc2C3(C)C)C5(C)C)cc1. The zero-order valence-corrected chi connectivity index (χ0v) is 39.0. The minimum absolute atomic E-state index is 0.0647. The van der Waals surface area contributed by atoms with Gasteiger partial charge in [0.25, 0.3) is 0 Å². The highest BCUT2D eigenvalue weighted by atomic mass is 15.2. The Hall–Kier alpha value is -5.80. The maximum atomic E-state index is 2.70. The van der Waals surface area contributed by atoms with Crippen molar-refractivity contribution >= 4 is 45.5 Å². The molecule has 4 aliphatic rings. The average molecular weight is 814 g/mol. The van der Waals surface area contributed by atoms with Crippen molar-refractivity contribution in [2.24, 2.45) is 11.3 Å². The minimum atomic E-state index is -0.346. The summed E-state index contributed by atoms with van der Waals surface area (Å²) in [5.41, 5.74) is 20.2. The third kappa shape index (κ3) is 5.98. The maximum absolute atomic E-state index is 2.70. The molecule has 10 rings (SSSR count). The van der Waals surface area contributed by atoms with E-state index in [2.05, 4.69) is 243 Å². The van der Waals surface area contributed by atoms with Crippen molar-refractivity contribution < 1.29 is 0 Å². The lowest BCUT2D eigenvalue weighted by Gasteiger charge is -2.55. The molecule has 0 spiro atoms. The van der Waals surface area contributed by atoms with E-state index in [1.165, 1.54) is 78.8 Å². The average Bonchev–Trinajstić information content (AvgIpc) is 3.24. The van der Waals surface area contributed by atoms with Gasteiger partial charge in [-0.2, -0.15) is 0 Å². The van der Waals surface area contributed by atoms with Gasteiger partial charge in [0.05, 0.1) is 17.1 Å². The van der Waals surface area contributed by atoms with Crippen LogP contribution in [0.5, 0.6) is 0 Å². The number of para-hydroxylation sites is 3. The molecule has 3 nitrogen and oxygen atoms in total. The van der Waals surface area contributed by atoms with E-state index in [1.807, 2.05) is 0 Å². The van der Waals surface area contributed by atoms with Crippen molar-refractivity contribution in [1.82, 2.24) is 0 Å². The second kappa shape index (κ2) is 13.6. The van der Waals surface area contributed by atoms with Gasteiger partial charge in [0.2, 0.25) is 0 Å². The van der Waals surface area contributed by atoms with E-state index in [0.717, 1.165) is 17.8 Å². The van der Waals surface area contributed by atoms with Crippen molar-refractivity contribution in [3.05, 3.63) is 190 Å². The molecule has 0 amide bonds. The van der Waals surface area contributed by atoms with Crippen LogP contribution in [-0.4, -0.2) is 0 Å². The van der Waals surface area contributed by atoms with Crippen LogP contribution in [0.2, 0.25) is 0 Å². The molecule has 0 radical (unpaired) electrons. The third-order valence-electron chi connectivity index (χ3n) is 14.9. The molecule has 0 saturated carbocycles. The summed E-state index contributed by atoms with van der Waals surface area (Å²) in [6, 6.07) is 48.4. The Morgan fingerprint density at radius 3 is 1.32 bits per heavy atom. The van der Waals surface area contributed by atoms with Gasteiger partial charge in [-0.25, -0.2) is 0 Å². The van der Waals surface area contributed by atoms with Crippen LogP contribution < -0.4 is 14.7 Å². The lowest BCUT2D eigenvalue weighted by atomic mass is 9.60. The van der Waals surface area contributed by atoms with Crippen LogP contribution in [0.3, 0.4) is 0 Å². The van der Waals surface area contributed by atoms with E-state index in [9.17, 15) is 0 Å². The number of hydrogen-bond donors (Lipinski definition) is 0. The van der Waals surface area contributed by atoms with E-state index >= 15 is 0 Å². The van der Waals surface area contributed by atoms with Crippen LogP contribution in [0.15, 0.2) is 151 Å². The number of allylic oxidation sites excluding steroid dienone is 3. The van der Waals surface area contributed by atoms with Crippen LogP contribution in [0.4, 0.5) is 45.5 Å². The normalized spacial score (nSPS) is 18.5. The maximum Gasteiger partial charge on any atom is 0.0545 e. The van der Waals surface area contributed by atoms with E-state index in [0.29, 0.717) is 5.92 Å². The Balaban J connectivity index is 1.24. The largest absolute Gasteiger partial charge is 0.311 e. The summed E-state index contributed by atoms with van der Waals surface area (Å²) in [6.45, 7) is 28.7. The fourth-order valence-corrected chi connectivity index (χ4v) is 11.0. The zero-order chi connectivity index (χ0) is 43.7. The lowest BCUT2D eigenvalue weighted by Crippen LogP contribution is -2.44. The van der Waals surface area contributed by atoms with Crippen molar-refractivity contribution in [1.29, 1.82) is 0 Å². The standard InChI is InChI=1S/C59H63N3/c1-55(2,3)38-26-30-42(31-27-38)60(40-20-15-13-16-21-40)44-34-48-53-50(36-44)59(11,12)51-37-45(61(41-22-17-14-18-23-41)43-32-28-39(29-33-43)56(4,5)6)35-49-54(51)62(53)52-46(57(48,7)8)24-19-25-47(52)58(49,9)10/h13-28,30-37,39H,29H2,1-12H3. The first kappa shape index (κ1) is 40.3. The Labute approximate surface area is 371 Å². The highest BCUT2D eigenvalue weighted by Crippen LogP contribution is 2.67. The first-order valence-corrected chi connectivity index (χ1v) is 22.8. The fourth-order valence-electron chi connectivity index (χ4n) is 11.0. The smallest absolute Gasteiger partial charge is 0.0545 e. The highest BCUT2D eigenvalue weighted by Gasteiger charge is 2.52. The molecule has 0 saturated heterocycles. The van der Waals surface area contributed by atoms with Crippen molar-refractivity contribution in [3.8, 4) is 0 Å². The van der Waals surface area contributed by atoms with Gasteiger partial charge in [-0.1, -0.05) is 162 Å². The molecule has 0 bridgehead atoms. The molecule has 6 aromatic rings. The second-order valence-electron chi connectivity index (χ2n) is 22.0. The van der Waals surface area contributed by atoms with Crippen LogP contribution in [-0.2, 0) is 21.7 Å². The zero-order valence-electron chi connectivity index (χ0n) is 39.0. The summed E-state index contributed by atoms with van der Waals surface area (Å²) < 4.78 is 0. The lowest BCUT2D eigenvalue weighted by molar-refractivity contribution is 0.293. The predicted octanol–water partition coefficient (Wildman–Crippen LogP) is 16.5. The van der Waals surface area contributed by atoms with Crippen LogP contribution in [0.1, 0.15) is 128 Å². The third-order valence-corrected chi connectivity index (χ3v) is 14.9. The highest BCUT2D eigenvalue weighted by molar-refractivity contribution is 6.00. The molecule has 62 heavy (non-hydrogen) atoms. The summed E-state index contributed by atoms with van der Waals surface area (Å²) in [4.78, 5) is 7.68. The summed E-state index contributed by atoms with van der Waals surface area (Å²) in [5.74, 6) is 0.493. The Bertz CT molecular complexity index is 2800. The molecule has 1 unspecified atom stereocenters. The van der Waals surface area contributed by atoms with E-state index in [-0.39, 0.29) is 27.1 Å². The van der Waals surface area contributed by atoms with Crippen LogP contribution >= 0.6 is 0 Å². The minimum Gasteiger partial charge on any atom is -0.311 e. The van der Waals surface area contributed by atoms with E-state index < -0.39 is 0 Å². The molecule has 0 aromatic heterocycles. The van der Waals surface area contributed by atoms with E-state index in [4.69, 9.17) is 0 Å². The van der Waals surface area contributed by atoms with E-state index in [1.54, 1.807) is 0 Å². The van der Waals surface area contributed by atoms with Crippen LogP contribution in [0.25, 0.3) is 0 Å². The second-order valence-corrected chi connectivity index (χ2v) is 22.0. The summed E-state index contributed by atoms with van der Waals surface area (Å²) in [6.07, 6.45) is 8.31. The Morgan fingerprint density at radius 1 is 0.468 bits per heavy atom. The predicted molar refractivity (Wildman–Crippen MR) is 264 cm³/mol. The van der Waals surface area contributed by atoms with Gasteiger partial charge in [-0.05, 0) is 129 Å². The van der Waals surface area contributed by atoms with Gasteiger partial charge in [-0.3, -0.25) is 0 Å². The number of rotatable bonds is 6. The molecule has 3 heteroatoms. The fraction of sp³-hybridized carbons (Fsp3) is 0.322. The molecule has 6 aromatic carbocycles. The number of nitrogens with zero attached hydrogens (tertiary/aromatic N) is 3. The van der Waals surface area contributed by atoms with Gasteiger partial charge >= 0.3 is 0 Å². The first-order chi connectivity index (χ1) is 29.3. The number of benzene rings is 6. The molecule has 0 fully saturated rings. The van der Waals surface area contributed by atoms with Crippen molar-refractivity contribution in [3.63, 3.8) is 0 Å². The molecule has 3 heterocycles. The molecule has 1 atom stereocenters. The Kier molecular flexibility index (Phi) is 8.84. The van der Waals surface area contributed by atoms with Gasteiger partial charge in [0.15, 0.2) is 0 Å². The molecular formula is C59H63N3. The summed E-state index contributed by atoms with van der Waals surface area (Å²) >= 11 is 0. The van der Waals surface area contributed by atoms with Crippen LogP contribution in [0, 0.1) is 11.3 Å². The molecular weight excluding hydrogens is 751 g/mol. The topological polar surface area (TPSA) is 9.72 Å². The first-order valence-electron chi connectivity index (χ1n) is 22.8. The summed E-state index contributed by atoms with van der Waals surface area (Å²) in [5, 5.41) is 0. The van der Waals surface area contributed by atoms with Gasteiger partial charge in [0.1, 0.15) is 0 Å². The van der Waals surface area contributed by atoms with Crippen molar-refractivity contribution in [2.45, 2.75) is 111 Å².